The van der Waals surface area contributed by atoms with E-state index in [2.05, 4.69) is 4.90 Å². The summed E-state index contributed by atoms with van der Waals surface area (Å²) in [7, 11) is 1.59. The Labute approximate surface area is 171 Å². The van der Waals surface area contributed by atoms with Crippen LogP contribution < -0.4 is 9.64 Å². The van der Waals surface area contributed by atoms with Crippen molar-refractivity contribution >= 4 is 23.4 Å². The highest BCUT2D eigenvalue weighted by Crippen LogP contribution is 2.30. The topological polar surface area (TPSA) is 70.2 Å². The van der Waals surface area contributed by atoms with Gasteiger partial charge in [0.1, 0.15) is 5.75 Å². The zero-order chi connectivity index (χ0) is 20.4. The van der Waals surface area contributed by atoms with Gasteiger partial charge in [-0.2, -0.15) is 0 Å². The molecular weight excluding hydrogens is 370 g/mol. The highest BCUT2D eigenvalue weighted by Gasteiger charge is 2.43. The molecule has 1 aromatic carbocycles. The molecule has 0 radical (unpaired) electrons. The lowest BCUT2D eigenvalue weighted by Gasteiger charge is -2.35. The van der Waals surface area contributed by atoms with E-state index in [1.807, 2.05) is 4.90 Å². The molecule has 7 nitrogen and oxygen atoms in total. The summed E-state index contributed by atoms with van der Waals surface area (Å²) in [6.45, 7) is 3.42. The van der Waals surface area contributed by atoms with E-state index in [0.29, 0.717) is 23.8 Å². The molecule has 3 saturated heterocycles. The molecule has 3 fully saturated rings. The molecule has 1 unspecified atom stereocenters. The van der Waals surface area contributed by atoms with Gasteiger partial charge < -0.3 is 9.64 Å². The van der Waals surface area contributed by atoms with Crippen molar-refractivity contribution < 1.29 is 19.1 Å². The number of ether oxygens (including phenoxy) is 1. The third-order valence-corrected chi connectivity index (χ3v) is 6.52. The molecule has 0 N–H and O–H groups in total. The monoisotopic (exact) mass is 399 g/mol. The number of imide groups is 1. The summed E-state index contributed by atoms with van der Waals surface area (Å²) >= 11 is 0. The van der Waals surface area contributed by atoms with Crippen molar-refractivity contribution in [2.45, 2.75) is 44.6 Å². The summed E-state index contributed by atoms with van der Waals surface area (Å²) in [6, 6.07) is 6.68. The fraction of sp³-hybridized carbons (Fsp3) is 0.591. The standard InChI is InChI=1S/C22H29N3O4/c1-29-18-6-4-17(5-7-18)25-21(27)15-19(22(25)28)23-12-8-16(9-13-23)10-14-24-11-2-3-20(24)26/h4-7,16,19H,2-3,8-15H2,1H3. The van der Waals surface area contributed by atoms with Gasteiger partial charge in [0.05, 0.1) is 25.3 Å². The number of methoxy groups -OCH3 is 1. The minimum absolute atomic E-state index is 0.124. The molecule has 156 valence electrons. The highest BCUT2D eigenvalue weighted by molar-refractivity contribution is 6.22. The number of benzene rings is 1. The zero-order valence-electron chi connectivity index (χ0n) is 17.0. The normalized spacial score (nSPS) is 24.0. The maximum atomic E-state index is 13.0. The maximum Gasteiger partial charge on any atom is 0.251 e. The van der Waals surface area contributed by atoms with Crippen molar-refractivity contribution in [1.29, 1.82) is 0 Å². The van der Waals surface area contributed by atoms with Gasteiger partial charge in [-0.1, -0.05) is 0 Å². The van der Waals surface area contributed by atoms with Gasteiger partial charge >= 0.3 is 0 Å². The second kappa shape index (κ2) is 8.53. The van der Waals surface area contributed by atoms with Crippen molar-refractivity contribution in [2.75, 3.05) is 38.2 Å². The van der Waals surface area contributed by atoms with E-state index in [9.17, 15) is 14.4 Å². The van der Waals surface area contributed by atoms with Crippen LogP contribution in [0.3, 0.4) is 0 Å². The van der Waals surface area contributed by atoms with Crippen LogP contribution >= 0.6 is 0 Å². The fourth-order valence-corrected chi connectivity index (χ4v) is 4.74. The van der Waals surface area contributed by atoms with Gasteiger partial charge in [0.25, 0.3) is 5.91 Å². The van der Waals surface area contributed by atoms with E-state index in [0.717, 1.165) is 51.9 Å². The predicted molar refractivity (Wildman–Crippen MR) is 109 cm³/mol. The number of anilines is 1. The summed E-state index contributed by atoms with van der Waals surface area (Å²) in [5.41, 5.74) is 0.605. The van der Waals surface area contributed by atoms with Gasteiger partial charge in [-0.05, 0) is 69.0 Å². The van der Waals surface area contributed by atoms with Crippen molar-refractivity contribution in [1.82, 2.24) is 9.80 Å². The first-order valence-electron chi connectivity index (χ1n) is 10.6. The van der Waals surface area contributed by atoms with Crippen LogP contribution in [0.15, 0.2) is 24.3 Å². The van der Waals surface area contributed by atoms with Gasteiger partial charge in [0.15, 0.2) is 0 Å². The number of hydrogen-bond donors (Lipinski definition) is 0. The molecular formula is C22H29N3O4. The largest absolute Gasteiger partial charge is 0.497 e. The summed E-state index contributed by atoms with van der Waals surface area (Å²) in [4.78, 5) is 42.7. The number of likely N-dealkylation sites (tertiary alicyclic amines) is 2. The summed E-state index contributed by atoms with van der Waals surface area (Å²) in [6.07, 6.45) is 5.00. The molecule has 29 heavy (non-hydrogen) atoms. The van der Waals surface area contributed by atoms with Gasteiger partial charge in [0, 0.05) is 19.5 Å². The van der Waals surface area contributed by atoms with Crippen molar-refractivity contribution in [2.24, 2.45) is 5.92 Å². The summed E-state index contributed by atoms with van der Waals surface area (Å²) in [5, 5.41) is 0. The number of rotatable bonds is 6. The van der Waals surface area contributed by atoms with Crippen LogP contribution in [0.2, 0.25) is 0 Å². The number of nitrogens with zero attached hydrogens (tertiary/aromatic N) is 3. The van der Waals surface area contributed by atoms with E-state index in [1.165, 1.54) is 4.90 Å². The van der Waals surface area contributed by atoms with Crippen LogP contribution in [0, 0.1) is 5.92 Å². The first-order chi connectivity index (χ1) is 14.1. The number of amides is 3. The number of carbonyl (C=O) groups excluding carboxylic acids is 3. The Hall–Kier alpha value is -2.41. The van der Waals surface area contributed by atoms with E-state index >= 15 is 0 Å². The molecule has 1 atom stereocenters. The lowest BCUT2D eigenvalue weighted by Crippen LogP contribution is -2.46. The van der Waals surface area contributed by atoms with Gasteiger partial charge in [0.2, 0.25) is 11.8 Å². The quantitative estimate of drug-likeness (QED) is 0.685. The predicted octanol–water partition coefficient (Wildman–Crippen LogP) is 2.05. The highest BCUT2D eigenvalue weighted by atomic mass is 16.5. The van der Waals surface area contributed by atoms with Gasteiger partial charge in [-0.25, -0.2) is 4.90 Å². The molecule has 3 heterocycles. The van der Waals surface area contributed by atoms with Crippen LogP contribution in [-0.2, 0) is 14.4 Å². The van der Waals surface area contributed by atoms with E-state index < -0.39 is 0 Å². The Bertz CT molecular complexity index is 771. The Balaban J connectivity index is 1.31. The Morgan fingerprint density at radius 2 is 1.72 bits per heavy atom. The molecule has 3 amide bonds. The minimum Gasteiger partial charge on any atom is -0.497 e. The van der Waals surface area contributed by atoms with Gasteiger partial charge in [-0.3, -0.25) is 19.3 Å². The number of hydrogen-bond acceptors (Lipinski definition) is 5. The fourth-order valence-electron chi connectivity index (χ4n) is 4.74. The Kier molecular flexibility index (Phi) is 5.85. The van der Waals surface area contributed by atoms with Crippen molar-refractivity contribution in [3.05, 3.63) is 24.3 Å². The van der Waals surface area contributed by atoms with Crippen molar-refractivity contribution in [3.63, 3.8) is 0 Å². The Morgan fingerprint density at radius 1 is 1.00 bits per heavy atom. The SMILES string of the molecule is COc1ccc(N2C(=O)CC(N3CCC(CCN4CCCC4=O)CC3)C2=O)cc1. The molecule has 3 aliphatic rings. The van der Waals surface area contributed by atoms with Crippen LogP contribution in [0.1, 0.15) is 38.5 Å². The smallest absolute Gasteiger partial charge is 0.251 e. The number of carbonyl (C=O) groups is 3. The third kappa shape index (κ3) is 4.15. The molecule has 0 spiro atoms. The molecule has 1 aromatic rings. The molecule has 0 bridgehead atoms. The molecule has 7 heteroatoms. The van der Waals surface area contributed by atoms with E-state index in [-0.39, 0.29) is 30.2 Å². The molecule has 0 saturated carbocycles. The molecule has 3 aliphatic heterocycles. The average molecular weight is 399 g/mol. The Morgan fingerprint density at radius 3 is 2.34 bits per heavy atom. The first-order valence-corrected chi connectivity index (χ1v) is 10.6. The average Bonchev–Trinajstić information content (AvgIpc) is 3.29. The third-order valence-electron chi connectivity index (χ3n) is 6.52. The lowest BCUT2D eigenvalue weighted by atomic mass is 9.92. The van der Waals surface area contributed by atoms with Crippen LogP contribution in [0.25, 0.3) is 0 Å². The van der Waals surface area contributed by atoms with E-state index in [1.54, 1.807) is 31.4 Å². The van der Waals surface area contributed by atoms with Gasteiger partial charge in [-0.15, -0.1) is 0 Å². The maximum absolute atomic E-state index is 13.0. The summed E-state index contributed by atoms with van der Waals surface area (Å²) in [5.74, 6) is 1.31. The number of piperidine rings is 1. The van der Waals surface area contributed by atoms with Crippen LogP contribution in [-0.4, -0.2) is 66.9 Å². The zero-order valence-corrected chi connectivity index (χ0v) is 17.0. The minimum atomic E-state index is -0.356. The van der Waals surface area contributed by atoms with Crippen molar-refractivity contribution in [3.8, 4) is 5.75 Å². The van der Waals surface area contributed by atoms with Crippen LogP contribution in [0.4, 0.5) is 5.69 Å². The molecule has 0 aliphatic carbocycles. The first kappa shape index (κ1) is 19.9. The van der Waals surface area contributed by atoms with Crippen LogP contribution in [0.5, 0.6) is 5.75 Å². The van der Waals surface area contributed by atoms with E-state index in [4.69, 9.17) is 4.74 Å². The molecule has 4 rings (SSSR count). The summed E-state index contributed by atoms with van der Waals surface area (Å²) < 4.78 is 5.15. The lowest BCUT2D eigenvalue weighted by molar-refractivity contribution is -0.128. The second-order valence-electron chi connectivity index (χ2n) is 8.24. The molecule has 0 aromatic heterocycles. The second-order valence-corrected chi connectivity index (χ2v) is 8.24.